The number of benzene rings is 2. The van der Waals surface area contributed by atoms with Gasteiger partial charge < -0.3 is 9.15 Å². The fourth-order valence-electron chi connectivity index (χ4n) is 2.54. The monoisotopic (exact) mass is 347 g/mol. The van der Waals surface area contributed by atoms with E-state index in [4.69, 9.17) is 9.15 Å². The quantitative estimate of drug-likeness (QED) is 0.453. The van der Waals surface area contributed by atoms with Gasteiger partial charge in [0.05, 0.1) is 0 Å². The van der Waals surface area contributed by atoms with Crippen molar-refractivity contribution in [3.05, 3.63) is 77.2 Å². The second-order valence-electron chi connectivity index (χ2n) is 6.13. The molecule has 1 heterocycles. The minimum atomic E-state index is 0.337. The fourth-order valence-corrected chi connectivity index (χ4v) is 2.54. The normalized spacial score (nSPS) is 11.8. The molecule has 0 aliphatic rings. The van der Waals surface area contributed by atoms with E-state index < -0.39 is 0 Å². The number of allylic oxidation sites excluding steroid dienone is 2. The van der Waals surface area contributed by atoms with Gasteiger partial charge in [0.1, 0.15) is 30.1 Å². The highest BCUT2D eigenvalue weighted by molar-refractivity contribution is 5.86. The van der Waals surface area contributed by atoms with E-state index in [1.54, 1.807) is 0 Å². The minimum absolute atomic E-state index is 0.337. The summed E-state index contributed by atoms with van der Waals surface area (Å²) in [6.45, 7) is 5.97. The Kier molecular flexibility index (Phi) is 5.32. The van der Waals surface area contributed by atoms with Gasteiger partial charge in [0.2, 0.25) is 5.89 Å². The summed E-state index contributed by atoms with van der Waals surface area (Å²) in [6.07, 6.45) is 0.872. The van der Waals surface area contributed by atoms with E-state index in [0.29, 0.717) is 12.5 Å². The fraction of sp³-hybridized carbons (Fsp3) is 0.182. The molecule has 0 radical (unpaired) electrons. The maximum Gasteiger partial charge on any atom is 0.226 e. The largest absolute Gasteiger partial charge is 0.487 e. The summed E-state index contributed by atoms with van der Waals surface area (Å²) in [5.41, 5.74) is 4.42. The van der Waals surface area contributed by atoms with Crippen molar-refractivity contribution in [1.82, 2.24) is 4.98 Å². The van der Waals surface area contributed by atoms with Crippen LogP contribution < -0.4 is 4.74 Å². The van der Waals surface area contributed by atoms with Crippen molar-refractivity contribution in [2.45, 2.75) is 27.4 Å². The van der Waals surface area contributed by atoms with Crippen LogP contribution in [0.15, 0.2) is 64.6 Å². The Balaban J connectivity index is 1.70. The first-order valence-electron chi connectivity index (χ1n) is 8.46. The summed E-state index contributed by atoms with van der Waals surface area (Å²) in [5.74, 6) is 2.09. The molecule has 0 saturated heterocycles. The number of oxazole rings is 1. The lowest BCUT2D eigenvalue weighted by atomic mass is 10.0. The van der Waals surface area contributed by atoms with E-state index >= 15 is 0 Å². The van der Waals surface area contributed by atoms with Crippen LogP contribution in [0.4, 0.5) is 0 Å². The number of carbonyl (C=O) groups is 1. The zero-order chi connectivity index (χ0) is 18.5. The molecule has 3 aromatic rings. The number of nitrogens with zero attached hydrogens (tertiary/aromatic N) is 1. The SMILES string of the molecule is CC(C=O)=C(C)c1ccc(OCc2nc(-c3ccccc3)oc2C)cc1. The molecule has 26 heavy (non-hydrogen) atoms. The van der Waals surface area contributed by atoms with Crippen LogP contribution >= 0.6 is 0 Å². The first kappa shape index (κ1) is 17.7. The Morgan fingerprint density at radius 3 is 2.42 bits per heavy atom. The topological polar surface area (TPSA) is 52.3 Å². The Morgan fingerprint density at radius 1 is 1.08 bits per heavy atom. The van der Waals surface area contributed by atoms with Gasteiger partial charge in [-0.2, -0.15) is 0 Å². The molecule has 0 amide bonds. The number of aryl methyl sites for hydroxylation is 1. The van der Waals surface area contributed by atoms with Crippen LogP contribution in [-0.2, 0) is 11.4 Å². The Hall–Kier alpha value is -3.14. The van der Waals surface area contributed by atoms with Crippen LogP contribution in [0.25, 0.3) is 17.0 Å². The van der Waals surface area contributed by atoms with E-state index in [9.17, 15) is 4.79 Å². The molecule has 0 aliphatic heterocycles. The number of aldehydes is 1. The molecule has 0 saturated carbocycles. The third-order valence-corrected chi connectivity index (χ3v) is 4.34. The highest BCUT2D eigenvalue weighted by Gasteiger charge is 2.12. The van der Waals surface area contributed by atoms with Gasteiger partial charge >= 0.3 is 0 Å². The van der Waals surface area contributed by atoms with Crippen molar-refractivity contribution < 1.29 is 13.9 Å². The summed E-state index contributed by atoms with van der Waals surface area (Å²) >= 11 is 0. The highest BCUT2D eigenvalue weighted by atomic mass is 16.5. The molecule has 0 bridgehead atoms. The van der Waals surface area contributed by atoms with Crippen molar-refractivity contribution in [3.8, 4) is 17.2 Å². The molecule has 4 heteroatoms. The lowest BCUT2D eigenvalue weighted by Crippen LogP contribution is -1.98. The summed E-state index contributed by atoms with van der Waals surface area (Å²) in [7, 11) is 0. The molecule has 0 unspecified atom stereocenters. The number of rotatable bonds is 6. The van der Waals surface area contributed by atoms with E-state index in [1.165, 1.54) is 0 Å². The van der Waals surface area contributed by atoms with E-state index in [-0.39, 0.29) is 0 Å². The molecule has 0 fully saturated rings. The second-order valence-corrected chi connectivity index (χ2v) is 6.13. The highest BCUT2D eigenvalue weighted by Crippen LogP contribution is 2.24. The maximum absolute atomic E-state index is 10.9. The van der Waals surface area contributed by atoms with E-state index in [2.05, 4.69) is 4.98 Å². The summed E-state index contributed by atoms with van der Waals surface area (Å²) in [4.78, 5) is 15.4. The molecule has 0 aliphatic carbocycles. The van der Waals surface area contributed by atoms with Crippen LogP contribution in [0.3, 0.4) is 0 Å². The smallest absolute Gasteiger partial charge is 0.226 e. The zero-order valence-corrected chi connectivity index (χ0v) is 15.2. The van der Waals surface area contributed by atoms with E-state index in [1.807, 2.05) is 75.4 Å². The van der Waals surface area contributed by atoms with Crippen LogP contribution in [-0.4, -0.2) is 11.3 Å². The molecule has 0 N–H and O–H groups in total. The number of hydrogen-bond acceptors (Lipinski definition) is 4. The van der Waals surface area contributed by atoms with Crippen molar-refractivity contribution >= 4 is 11.9 Å². The van der Waals surface area contributed by atoms with Crippen LogP contribution in [0.2, 0.25) is 0 Å². The van der Waals surface area contributed by atoms with Gasteiger partial charge in [-0.05, 0) is 61.7 Å². The zero-order valence-electron chi connectivity index (χ0n) is 15.2. The number of carbonyl (C=O) groups excluding carboxylic acids is 1. The van der Waals surface area contributed by atoms with Gasteiger partial charge in [-0.1, -0.05) is 30.3 Å². The first-order valence-corrected chi connectivity index (χ1v) is 8.46. The molecular formula is C22H21NO3. The van der Waals surface area contributed by atoms with Gasteiger partial charge in [-0.25, -0.2) is 4.98 Å². The molecule has 132 valence electrons. The van der Waals surface area contributed by atoms with Crippen molar-refractivity contribution in [1.29, 1.82) is 0 Å². The van der Waals surface area contributed by atoms with Crippen LogP contribution in [0, 0.1) is 6.92 Å². The Labute approximate surface area is 153 Å². The average Bonchev–Trinajstić information content (AvgIpc) is 3.07. The van der Waals surface area contributed by atoms with Crippen molar-refractivity contribution in [2.75, 3.05) is 0 Å². The van der Waals surface area contributed by atoms with E-state index in [0.717, 1.165) is 45.8 Å². The minimum Gasteiger partial charge on any atom is -0.487 e. The third kappa shape index (κ3) is 3.91. The third-order valence-electron chi connectivity index (χ3n) is 4.34. The molecule has 0 spiro atoms. The number of aromatic nitrogens is 1. The van der Waals surface area contributed by atoms with Gasteiger partial charge in [0.15, 0.2) is 0 Å². The van der Waals surface area contributed by atoms with Gasteiger partial charge in [-0.3, -0.25) is 4.79 Å². The molecule has 1 aromatic heterocycles. The lowest BCUT2D eigenvalue weighted by Gasteiger charge is -2.07. The van der Waals surface area contributed by atoms with Crippen LogP contribution in [0.5, 0.6) is 5.75 Å². The molecular weight excluding hydrogens is 326 g/mol. The Morgan fingerprint density at radius 2 is 1.77 bits per heavy atom. The lowest BCUT2D eigenvalue weighted by molar-refractivity contribution is -0.104. The summed E-state index contributed by atoms with van der Waals surface area (Å²) in [5, 5.41) is 0. The molecule has 3 rings (SSSR count). The maximum atomic E-state index is 10.9. The first-order chi connectivity index (χ1) is 12.6. The standard InChI is InChI=1S/C22H21NO3/c1-15(13-24)16(2)18-9-11-20(12-10-18)25-14-21-17(3)26-22(23-21)19-7-5-4-6-8-19/h4-13H,14H2,1-3H3. The number of ether oxygens (including phenoxy) is 1. The summed E-state index contributed by atoms with van der Waals surface area (Å²) < 4.78 is 11.6. The van der Waals surface area contributed by atoms with Gasteiger partial charge in [-0.15, -0.1) is 0 Å². The van der Waals surface area contributed by atoms with Crippen molar-refractivity contribution in [2.24, 2.45) is 0 Å². The Bertz CT molecular complexity index is 922. The average molecular weight is 347 g/mol. The second kappa shape index (κ2) is 7.83. The summed E-state index contributed by atoms with van der Waals surface area (Å²) in [6, 6.07) is 17.5. The molecule has 4 nitrogen and oxygen atoms in total. The van der Waals surface area contributed by atoms with Gasteiger partial charge in [0, 0.05) is 5.56 Å². The number of hydrogen-bond donors (Lipinski definition) is 0. The van der Waals surface area contributed by atoms with Crippen LogP contribution in [0.1, 0.15) is 30.9 Å². The predicted octanol–water partition coefficient (Wildman–Crippen LogP) is 5.22. The molecule has 0 atom stereocenters. The van der Waals surface area contributed by atoms with Crippen molar-refractivity contribution in [3.63, 3.8) is 0 Å². The molecule has 2 aromatic carbocycles. The van der Waals surface area contributed by atoms with Gasteiger partial charge in [0.25, 0.3) is 0 Å². The predicted molar refractivity (Wildman–Crippen MR) is 102 cm³/mol.